The smallest absolute Gasteiger partial charge is 0.128 e. The molecule has 2 nitrogen and oxygen atoms in total. The van der Waals surface area contributed by atoms with Crippen LogP contribution < -0.4 is 0 Å². The largest absolute Gasteiger partial charge is 0.238 e. The van der Waals surface area contributed by atoms with Gasteiger partial charge in [-0.05, 0) is 38.7 Å². The predicted molar refractivity (Wildman–Crippen MR) is 235 cm³/mol. The van der Waals surface area contributed by atoms with E-state index in [0.717, 1.165) is 18.7 Å². The third-order valence-corrected chi connectivity index (χ3v) is 11.7. The number of nitrogens with zero attached hydrogens (tertiary/aromatic N) is 2. The summed E-state index contributed by atoms with van der Waals surface area (Å²) in [5.74, 6) is 0.953. The lowest BCUT2D eigenvalue weighted by Gasteiger charge is -2.08. The molecule has 0 bridgehead atoms. The van der Waals surface area contributed by atoms with Crippen molar-refractivity contribution in [3.05, 3.63) is 30.2 Å². The fourth-order valence-electron chi connectivity index (χ4n) is 8.10. The molecule has 0 unspecified atom stereocenters. The van der Waals surface area contributed by atoms with E-state index in [-0.39, 0.29) is 0 Å². The van der Waals surface area contributed by atoms with Crippen LogP contribution in [-0.4, -0.2) is 9.97 Å². The van der Waals surface area contributed by atoms with E-state index in [2.05, 4.69) is 26.8 Å². The van der Waals surface area contributed by atoms with Crippen LogP contribution in [0.3, 0.4) is 0 Å². The van der Waals surface area contributed by atoms with E-state index in [1.165, 1.54) is 268 Å². The average Bonchev–Trinajstić information content (AvgIpc) is 3.16. The average molecular weight is 724 g/mol. The molecule has 0 saturated carbocycles. The minimum atomic E-state index is 0.708. The first-order valence-electron chi connectivity index (χ1n) is 24.4. The monoisotopic (exact) mass is 724 g/mol. The summed E-state index contributed by atoms with van der Waals surface area (Å²) < 4.78 is 0. The van der Waals surface area contributed by atoms with Crippen LogP contribution >= 0.6 is 0 Å². The Balaban J connectivity index is 1.90. The molecule has 0 amide bonds. The van der Waals surface area contributed by atoms with E-state index in [0.29, 0.717) is 6.42 Å². The summed E-state index contributed by atoms with van der Waals surface area (Å²) in [5, 5.41) is 0. The standard InChI is InChI=1S/C50H95N2/c1-4-7-9-11-13-15-17-19-21-23-25-27-29-31-33-35-37-39-41-43-45-48-47-49(52-50(6-3)51-48)46-44-42-40-38-36-34-32-30-28-26-24-22-20-18-16-14-12-10-8-5-2/h47H,3-46H2,1-2H3. The zero-order valence-electron chi connectivity index (χ0n) is 36.1. The van der Waals surface area contributed by atoms with Crippen molar-refractivity contribution in [3.63, 3.8) is 0 Å². The first-order chi connectivity index (χ1) is 25.8. The molecule has 2 heteroatoms. The van der Waals surface area contributed by atoms with Crippen LogP contribution in [0, 0.1) is 6.92 Å². The summed E-state index contributed by atoms with van der Waals surface area (Å²) in [6.45, 7) is 8.71. The van der Waals surface area contributed by atoms with Gasteiger partial charge in [0, 0.05) is 17.8 Å². The van der Waals surface area contributed by atoms with Gasteiger partial charge < -0.3 is 0 Å². The van der Waals surface area contributed by atoms with Gasteiger partial charge in [0.1, 0.15) is 5.82 Å². The second kappa shape index (κ2) is 41.2. The first kappa shape index (κ1) is 49.1. The number of hydrogen-bond donors (Lipinski definition) is 0. The van der Waals surface area contributed by atoms with Gasteiger partial charge >= 0.3 is 0 Å². The molecular weight excluding hydrogens is 629 g/mol. The quantitative estimate of drug-likeness (QED) is 0.0627. The number of unbranched alkanes of at least 4 members (excludes halogenated alkanes) is 38. The van der Waals surface area contributed by atoms with Gasteiger partial charge in [0.25, 0.3) is 0 Å². The summed E-state index contributed by atoms with van der Waals surface area (Å²) in [5.41, 5.74) is 2.53. The molecule has 1 radical (unpaired) electrons. The summed E-state index contributed by atoms with van der Waals surface area (Å²) in [4.78, 5) is 9.67. The topological polar surface area (TPSA) is 25.8 Å². The zero-order chi connectivity index (χ0) is 37.3. The van der Waals surface area contributed by atoms with Gasteiger partial charge in [0.05, 0.1) is 0 Å². The van der Waals surface area contributed by atoms with Gasteiger partial charge in [-0.1, -0.05) is 258 Å². The van der Waals surface area contributed by atoms with Crippen LogP contribution in [0.4, 0.5) is 0 Å². The lowest BCUT2D eigenvalue weighted by molar-refractivity contribution is 0.521. The van der Waals surface area contributed by atoms with Crippen LogP contribution in [0.2, 0.25) is 0 Å². The first-order valence-corrected chi connectivity index (χ1v) is 24.4. The van der Waals surface area contributed by atoms with Crippen molar-refractivity contribution in [2.24, 2.45) is 0 Å². The number of aryl methyl sites for hydroxylation is 2. The lowest BCUT2D eigenvalue weighted by atomic mass is 10.0. The molecule has 0 spiro atoms. The summed E-state index contributed by atoms with van der Waals surface area (Å²) in [7, 11) is 0. The molecular formula is C50H95N2. The van der Waals surface area contributed by atoms with E-state index in [4.69, 9.17) is 9.97 Å². The number of aromatic nitrogens is 2. The van der Waals surface area contributed by atoms with Crippen LogP contribution in [-0.2, 0) is 19.3 Å². The molecule has 305 valence electrons. The lowest BCUT2D eigenvalue weighted by Crippen LogP contribution is -2.03. The highest BCUT2D eigenvalue weighted by molar-refractivity contribution is 5.12. The van der Waals surface area contributed by atoms with Gasteiger partial charge in [-0.25, -0.2) is 9.97 Å². The van der Waals surface area contributed by atoms with Crippen molar-refractivity contribution in [3.8, 4) is 0 Å². The third-order valence-electron chi connectivity index (χ3n) is 11.7. The van der Waals surface area contributed by atoms with Gasteiger partial charge in [-0.2, -0.15) is 0 Å². The molecule has 0 N–H and O–H groups in total. The Labute approximate surface area is 329 Å². The molecule has 52 heavy (non-hydrogen) atoms. The van der Waals surface area contributed by atoms with Gasteiger partial charge in [0.2, 0.25) is 0 Å². The second-order valence-electron chi connectivity index (χ2n) is 17.0. The molecule has 0 saturated heterocycles. The number of hydrogen-bond acceptors (Lipinski definition) is 2. The van der Waals surface area contributed by atoms with Crippen molar-refractivity contribution in [1.29, 1.82) is 0 Å². The van der Waals surface area contributed by atoms with Crippen LogP contribution in [0.25, 0.3) is 0 Å². The minimum Gasteiger partial charge on any atom is -0.238 e. The Hall–Kier alpha value is -0.920. The Bertz CT molecular complexity index is 756. The molecule has 0 fully saturated rings. The molecule has 0 aliphatic rings. The highest BCUT2D eigenvalue weighted by Crippen LogP contribution is 2.18. The minimum absolute atomic E-state index is 0.708. The summed E-state index contributed by atoms with van der Waals surface area (Å²) >= 11 is 0. The van der Waals surface area contributed by atoms with Gasteiger partial charge in [0.15, 0.2) is 0 Å². The fourth-order valence-corrected chi connectivity index (χ4v) is 8.10. The Morgan fingerprint density at radius 2 is 0.500 bits per heavy atom. The van der Waals surface area contributed by atoms with Crippen LogP contribution in [0.1, 0.15) is 288 Å². The molecule has 1 heterocycles. The van der Waals surface area contributed by atoms with Crippen molar-refractivity contribution >= 4 is 0 Å². The number of rotatable bonds is 43. The van der Waals surface area contributed by atoms with Gasteiger partial charge in [-0.3, -0.25) is 0 Å². The van der Waals surface area contributed by atoms with E-state index >= 15 is 0 Å². The second-order valence-corrected chi connectivity index (χ2v) is 17.0. The molecule has 1 aromatic rings. The predicted octanol–water partition coefficient (Wildman–Crippen LogP) is 17.6. The molecule has 0 aliphatic carbocycles. The maximum Gasteiger partial charge on any atom is 0.128 e. The van der Waals surface area contributed by atoms with Crippen molar-refractivity contribution in [2.75, 3.05) is 0 Å². The summed E-state index contributed by atoms with van der Waals surface area (Å²) in [6, 6.07) is 2.31. The summed E-state index contributed by atoms with van der Waals surface area (Å²) in [6.07, 6.45) is 60.3. The van der Waals surface area contributed by atoms with Gasteiger partial charge in [-0.15, -0.1) is 0 Å². The SMILES string of the molecule is [CH2]Cc1nc(CCCCCCCCCCCCCCCCCCCCCC)cc(CCCCCCCCCCCCCCCCCCCCCC)n1. The molecule has 0 atom stereocenters. The van der Waals surface area contributed by atoms with Crippen molar-refractivity contribution in [1.82, 2.24) is 9.97 Å². The molecule has 1 rings (SSSR count). The molecule has 0 aromatic carbocycles. The third kappa shape index (κ3) is 34.8. The van der Waals surface area contributed by atoms with E-state index in [9.17, 15) is 0 Å². The van der Waals surface area contributed by atoms with E-state index in [1.807, 2.05) is 0 Å². The van der Waals surface area contributed by atoms with E-state index < -0.39 is 0 Å². The maximum atomic E-state index is 4.83. The highest BCUT2D eigenvalue weighted by Gasteiger charge is 2.05. The zero-order valence-corrected chi connectivity index (χ0v) is 36.1. The Morgan fingerprint density at radius 1 is 0.308 bits per heavy atom. The van der Waals surface area contributed by atoms with Crippen LogP contribution in [0.15, 0.2) is 6.07 Å². The molecule has 1 aromatic heterocycles. The Morgan fingerprint density at radius 3 is 0.692 bits per heavy atom. The Kier molecular flexibility index (Phi) is 38.9. The van der Waals surface area contributed by atoms with Crippen molar-refractivity contribution in [2.45, 2.75) is 290 Å². The fraction of sp³-hybridized carbons (Fsp3) is 0.900. The normalized spacial score (nSPS) is 11.6. The van der Waals surface area contributed by atoms with E-state index in [1.54, 1.807) is 0 Å². The molecule has 0 aliphatic heterocycles. The highest BCUT2D eigenvalue weighted by atomic mass is 14.9. The van der Waals surface area contributed by atoms with Crippen molar-refractivity contribution < 1.29 is 0 Å². The van der Waals surface area contributed by atoms with Crippen LogP contribution in [0.5, 0.6) is 0 Å². The maximum absolute atomic E-state index is 4.83.